The number of carbonyl (C=O) groups is 1. The lowest BCUT2D eigenvalue weighted by atomic mass is 10.1. The van der Waals surface area contributed by atoms with Gasteiger partial charge in [0.2, 0.25) is 5.91 Å². The first kappa shape index (κ1) is 13.3. The molecule has 0 unspecified atom stereocenters. The fourth-order valence-corrected chi connectivity index (χ4v) is 1.91. The average Bonchev–Trinajstić information content (AvgIpc) is 3.20. The van der Waals surface area contributed by atoms with Crippen LogP contribution in [0.25, 0.3) is 0 Å². The molecule has 0 N–H and O–H groups in total. The van der Waals surface area contributed by atoms with Gasteiger partial charge >= 0.3 is 0 Å². The van der Waals surface area contributed by atoms with E-state index in [2.05, 4.69) is 0 Å². The molecule has 0 radical (unpaired) electrons. The first-order valence-electron chi connectivity index (χ1n) is 6.16. The Morgan fingerprint density at radius 3 is 2.74 bits per heavy atom. The average molecular weight is 262 g/mol. The molecule has 1 aliphatic carbocycles. The van der Waals surface area contributed by atoms with Crippen LogP contribution in [0, 0.1) is 22.6 Å². The fraction of sp³-hybridized carbons (Fsp3) is 0.429. The normalized spacial score (nSPS) is 15.5. The van der Waals surface area contributed by atoms with E-state index >= 15 is 0 Å². The highest BCUT2D eigenvalue weighted by atomic mass is 19.1. The van der Waals surface area contributed by atoms with Crippen LogP contribution in [0.5, 0.6) is 5.75 Å². The van der Waals surface area contributed by atoms with Gasteiger partial charge in [0, 0.05) is 18.8 Å². The molecule has 1 aromatic carbocycles. The third kappa shape index (κ3) is 2.39. The molecule has 1 saturated carbocycles. The van der Waals surface area contributed by atoms with Crippen LogP contribution in [0.15, 0.2) is 18.2 Å². The van der Waals surface area contributed by atoms with Gasteiger partial charge < -0.3 is 9.64 Å². The Morgan fingerprint density at radius 2 is 2.26 bits per heavy atom. The molecule has 0 bridgehead atoms. The number of ether oxygens (including phenoxy) is 1. The molecule has 1 amide bonds. The molecule has 0 aromatic heterocycles. The van der Waals surface area contributed by atoms with E-state index in [1.165, 1.54) is 17.0 Å². The Balaban J connectivity index is 2.21. The molecule has 100 valence electrons. The number of anilines is 1. The summed E-state index contributed by atoms with van der Waals surface area (Å²) in [5.74, 6) is -0.632. The fourth-order valence-electron chi connectivity index (χ4n) is 1.91. The van der Waals surface area contributed by atoms with Crippen LogP contribution < -0.4 is 9.64 Å². The van der Waals surface area contributed by atoms with E-state index in [-0.39, 0.29) is 11.7 Å². The van der Waals surface area contributed by atoms with Crippen LogP contribution in [0.1, 0.15) is 19.8 Å². The number of rotatable bonds is 4. The van der Waals surface area contributed by atoms with E-state index in [4.69, 9.17) is 10.00 Å². The van der Waals surface area contributed by atoms with Crippen molar-refractivity contribution < 1.29 is 13.9 Å². The lowest BCUT2D eigenvalue weighted by Crippen LogP contribution is -2.33. The Bertz CT molecular complexity index is 547. The van der Waals surface area contributed by atoms with Crippen molar-refractivity contribution in [1.82, 2.24) is 0 Å². The molecule has 4 nitrogen and oxygen atoms in total. The second kappa shape index (κ2) is 4.88. The van der Waals surface area contributed by atoms with Crippen molar-refractivity contribution in [1.29, 1.82) is 5.26 Å². The van der Waals surface area contributed by atoms with Crippen LogP contribution in [-0.2, 0) is 4.79 Å². The number of carbonyl (C=O) groups excluding carboxylic acids is 1. The molecule has 1 aromatic rings. The van der Waals surface area contributed by atoms with Gasteiger partial charge in [-0.05, 0) is 31.9 Å². The van der Waals surface area contributed by atoms with Crippen LogP contribution in [0.3, 0.4) is 0 Å². The molecule has 19 heavy (non-hydrogen) atoms. The maximum absolute atomic E-state index is 13.7. The summed E-state index contributed by atoms with van der Waals surface area (Å²) in [6, 6.07) is 6.39. The molecule has 1 fully saturated rings. The van der Waals surface area contributed by atoms with Gasteiger partial charge in [-0.2, -0.15) is 5.26 Å². The lowest BCUT2D eigenvalue weighted by molar-refractivity contribution is -0.121. The first-order valence-corrected chi connectivity index (χ1v) is 6.16. The van der Waals surface area contributed by atoms with Gasteiger partial charge in [0.25, 0.3) is 0 Å². The number of hydrogen-bond donors (Lipinski definition) is 0. The standard InChI is InChI=1S/C14H15FN2O2/c1-3-19-12-5-4-10(8-11(12)15)17(2)13(18)14(9-16)6-7-14/h4-5,8H,3,6-7H2,1-2H3. The third-order valence-electron chi connectivity index (χ3n) is 3.28. The van der Waals surface area contributed by atoms with Gasteiger partial charge in [-0.3, -0.25) is 4.79 Å². The lowest BCUT2D eigenvalue weighted by Gasteiger charge is -2.20. The van der Waals surface area contributed by atoms with Crippen molar-refractivity contribution >= 4 is 11.6 Å². The molecular weight excluding hydrogens is 247 g/mol. The van der Waals surface area contributed by atoms with Gasteiger partial charge in [-0.15, -0.1) is 0 Å². The van der Waals surface area contributed by atoms with Crippen molar-refractivity contribution in [3.05, 3.63) is 24.0 Å². The number of amides is 1. The van der Waals surface area contributed by atoms with E-state index in [1.54, 1.807) is 20.0 Å². The van der Waals surface area contributed by atoms with E-state index in [9.17, 15) is 9.18 Å². The van der Waals surface area contributed by atoms with E-state index < -0.39 is 11.2 Å². The Hall–Kier alpha value is -2.09. The van der Waals surface area contributed by atoms with Crippen molar-refractivity contribution in [2.75, 3.05) is 18.6 Å². The molecule has 0 saturated heterocycles. The molecule has 0 spiro atoms. The zero-order valence-electron chi connectivity index (χ0n) is 10.9. The predicted molar refractivity (Wildman–Crippen MR) is 68.3 cm³/mol. The minimum Gasteiger partial charge on any atom is -0.491 e. The van der Waals surface area contributed by atoms with Gasteiger partial charge in [0.1, 0.15) is 5.41 Å². The van der Waals surface area contributed by atoms with Crippen LogP contribution in [0.4, 0.5) is 10.1 Å². The van der Waals surface area contributed by atoms with Gasteiger partial charge in [0.05, 0.1) is 12.7 Å². The topological polar surface area (TPSA) is 53.3 Å². The number of nitriles is 1. The maximum atomic E-state index is 13.7. The number of nitrogens with zero attached hydrogens (tertiary/aromatic N) is 2. The zero-order chi connectivity index (χ0) is 14.0. The molecule has 5 heteroatoms. The summed E-state index contributed by atoms with van der Waals surface area (Å²) in [4.78, 5) is 13.5. The predicted octanol–water partition coefficient (Wildman–Crippen LogP) is 2.49. The Kier molecular flexibility index (Phi) is 3.43. The van der Waals surface area contributed by atoms with Gasteiger partial charge in [0.15, 0.2) is 11.6 Å². The summed E-state index contributed by atoms with van der Waals surface area (Å²) >= 11 is 0. The summed E-state index contributed by atoms with van der Waals surface area (Å²) in [6.07, 6.45) is 1.15. The number of benzene rings is 1. The highest BCUT2D eigenvalue weighted by Gasteiger charge is 2.52. The summed E-state index contributed by atoms with van der Waals surface area (Å²) in [5.41, 5.74) is -0.475. The number of hydrogen-bond acceptors (Lipinski definition) is 3. The maximum Gasteiger partial charge on any atom is 0.247 e. The molecule has 2 rings (SSSR count). The van der Waals surface area contributed by atoms with E-state index in [0.29, 0.717) is 25.1 Å². The van der Waals surface area contributed by atoms with Crippen molar-refractivity contribution in [2.45, 2.75) is 19.8 Å². The highest BCUT2D eigenvalue weighted by molar-refractivity contribution is 6.00. The van der Waals surface area contributed by atoms with Crippen LogP contribution in [-0.4, -0.2) is 19.6 Å². The Labute approximate surface area is 111 Å². The minimum absolute atomic E-state index is 0.161. The molecule has 0 atom stereocenters. The van der Waals surface area contributed by atoms with Crippen LogP contribution >= 0.6 is 0 Å². The summed E-state index contributed by atoms with van der Waals surface area (Å²) in [6.45, 7) is 2.15. The molecule has 0 aliphatic heterocycles. The van der Waals surface area contributed by atoms with Crippen molar-refractivity contribution in [3.8, 4) is 11.8 Å². The second-order valence-electron chi connectivity index (χ2n) is 4.61. The molecule has 1 aliphatic rings. The Morgan fingerprint density at radius 1 is 1.58 bits per heavy atom. The highest BCUT2D eigenvalue weighted by Crippen LogP contribution is 2.46. The SMILES string of the molecule is CCOc1ccc(N(C)C(=O)C2(C#N)CC2)cc1F. The quantitative estimate of drug-likeness (QED) is 0.837. The van der Waals surface area contributed by atoms with E-state index in [1.807, 2.05) is 6.07 Å². The van der Waals surface area contributed by atoms with E-state index in [0.717, 1.165) is 0 Å². The summed E-state index contributed by atoms with van der Waals surface area (Å²) in [5, 5.41) is 9.00. The van der Waals surface area contributed by atoms with Crippen LogP contribution in [0.2, 0.25) is 0 Å². The molecule has 0 heterocycles. The summed E-state index contributed by atoms with van der Waals surface area (Å²) < 4.78 is 18.8. The molecular formula is C14H15FN2O2. The second-order valence-corrected chi connectivity index (χ2v) is 4.61. The van der Waals surface area contributed by atoms with Crippen molar-refractivity contribution in [2.24, 2.45) is 5.41 Å². The van der Waals surface area contributed by atoms with Gasteiger partial charge in [-0.1, -0.05) is 0 Å². The minimum atomic E-state index is -0.899. The third-order valence-corrected chi connectivity index (χ3v) is 3.28. The zero-order valence-corrected chi connectivity index (χ0v) is 10.9. The van der Waals surface area contributed by atoms with Crippen molar-refractivity contribution in [3.63, 3.8) is 0 Å². The monoisotopic (exact) mass is 262 g/mol. The summed E-state index contributed by atoms with van der Waals surface area (Å²) in [7, 11) is 1.55. The number of halogens is 1. The smallest absolute Gasteiger partial charge is 0.247 e. The first-order chi connectivity index (χ1) is 9.04. The largest absolute Gasteiger partial charge is 0.491 e. The van der Waals surface area contributed by atoms with Gasteiger partial charge in [-0.25, -0.2) is 4.39 Å².